The first-order valence-electron chi connectivity index (χ1n) is 2.88. The SMILES string of the molecule is NC1=CCC(Cl)=C(Cl)C=C1. The van der Waals surface area contributed by atoms with E-state index in [2.05, 4.69) is 0 Å². The van der Waals surface area contributed by atoms with E-state index < -0.39 is 0 Å². The van der Waals surface area contributed by atoms with Gasteiger partial charge in [-0.15, -0.1) is 0 Å². The average Bonchev–Trinajstić information content (AvgIpc) is 2.04. The lowest BCUT2D eigenvalue weighted by Crippen LogP contribution is -1.90. The highest BCUT2D eigenvalue weighted by molar-refractivity contribution is 6.40. The first-order valence-corrected chi connectivity index (χ1v) is 3.63. The first-order chi connectivity index (χ1) is 4.70. The van der Waals surface area contributed by atoms with Crippen molar-refractivity contribution in [2.24, 2.45) is 5.73 Å². The Morgan fingerprint density at radius 3 is 2.70 bits per heavy atom. The van der Waals surface area contributed by atoms with Crippen molar-refractivity contribution >= 4 is 23.2 Å². The van der Waals surface area contributed by atoms with E-state index in [1.807, 2.05) is 6.08 Å². The molecule has 0 heterocycles. The van der Waals surface area contributed by atoms with Gasteiger partial charge in [0.2, 0.25) is 0 Å². The molecule has 1 aliphatic carbocycles. The van der Waals surface area contributed by atoms with Crippen LogP contribution in [0.15, 0.2) is 34.0 Å². The number of hydrogen-bond donors (Lipinski definition) is 1. The van der Waals surface area contributed by atoms with E-state index in [4.69, 9.17) is 28.9 Å². The molecule has 0 aromatic heterocycles. The van der Waals surface area contributed by atoms with Gasteiger partial charge in [-0.2, -0.15) is 0 Å². The number of rotatable bonds is 0. The third kappa shape index (κ3) is 1.79. The maximum Gasteiger partial charge on any atom is 0.0555 e. The lowest BCUT2D eigenvalue weighted by molar-refractivity contribution is 1.29. The summed E-state index contributed by atoms with van der Waals surface area (Å²) in [6.45, 7) is 0. The molecule has 0 spiro atoms. The summed E-state index contributed by atoms with van der Waals surface area (Å²) < 4.78 is 0. The molecule has 0 saturated carbocycles. The third-order valence-corrected chi connectivity index (χ3v) is 2.01. The zero-order valence-corrected chi connectivity index (χ0v) is 6.78. The monoisotopic (exact) mass is 175 g/mol. The normalized spacial score (nSPS) is 18.8. The van der Waals surface area contributed by atoms with Crippen LogP contribution in [0, 0.1) is 0 Å². The molecular weight excluding hydrogens is 169 g/mol. The van der Waals surface area contributed by atoms with E-state index in [1.165, 1.54) is 0 Å². The minimum Gasteiger partial charge on any atom is -0.399 e. The molecule has 2 N–H and O–H groups in total. The van der Waals surface area contributed by atoms with Crippen molar-refractivity contribution in [3.8, 4) is 0 Å². The van der Waals surface area contributed by atoms with Crippen LogP contribution in [0.5, 0.6) is 0 Å². The Kier molecular flexibility index (Phi) is 2.41. The molecule has 0 unspecified atom stereocenters. The molecule has 0 aliphatic heterocycles. The summed E-state index contributed by atoms with van der Waals surface area (Å²) in [5.41, 5.74) is 6.19. The van der Waals surface area contributed by atoms with Crippen LogP contribution in [0.2, 0.25) is 0 Å². The van der Waals surface area contributed by atoms with Gasteiger partial charge in [0.05, 0.1) is 5.03 Å². The van der Waals surface area contributed by atoms with Crippen LogP contribution in [-0.4, -0.2) is 0 Å². The molecule has 0 fully saturated rings. The summed E-state index contributed by atoms with van der Waals surface area (Å²) in [4.78, 5) is 0. The Labute approximate surface area is 69.8 Å². The van der Waals surface area contributed by atoms with Gasteiger partial charge in [0, 0.05) is 17.2 Å². The van der Waals surface area contributed by atoms with Crippen LogP contribution in [-0.2, 0) is 0 Å². The van der Waals surface area contributed by atoms with Crippen molar-refractivity contribution in [1.29, 1.82) is 0 Å². The molecule has 3 heteroatoms. The van der Waals surface area contributed by atoms with Gasteiger partial charge in [-0.25, -0.2) is 0 Å². The van der Waals surface area contributed by atoms with E-state index >= 15 is 0 Å². The van der Waals surface area contributed by atoms with Gasteiger partial charge < -0.3 is 5.73 Å². The summed E-state index contributed by atoms with van der Waals surface area (Å²) in [5.74, 6) is 0. The molecule has 0 bridgehead atoms. The molecule has 54 valence electrons. The van der Waals surface area contributed by atoms with Gasteiger partial charge >= 0.3 is 0 Å². The highest BCUT2D eigenvalue weighted by Gasteiger charge is 2.00. The highest BCUT2D eigenvalue weighted by atomic mass is 35.5. The second kappa shape index (κ2) is 3.13. The van der Waals surface area contributed by atoms with Gasteiger partial charge in [-0.05, 0) is 12.2 Å². The predicted octanol–water partition coefficient (Wildman–Crippen LogP) is 2.48. The topological polar surface area (TPSA) is 26.0 Å². The predicted molar refractivity (Wildman–Crippen MR) is 44.8 cm³/mol. The van der Waals surface area contributed by atoms with Gasteiger partial charge in [0.15, 0.2) is 0 Å². The van der Waals surface area contributed by atoms with Crippen molar-refractivity contribution in [3.63, 3.8) is 0 Å². The van der Waals surface area contributed by atoms with E-state index in [1.54, 1.807) is 12.2 Å². The fourth-order valence-electron chi connectivity index (χ4n) is 0.633. The summed E-state index contributed by atoms with van der Waals surface area (Å²) in [7, 11) is 0. The van der Waals surface area contributed by atoms with Crippen LogP contribution in [0.3, 0.4) is 0 Å². The zero-order valence-electron chi connectivity index (χ0n) is 5.27. The molecule has 0 saturated heterocycles. The Hall–Kier alpha value is -0.400. The second-order valence-corrected chi connectivity index (χ2v) is 2.86. The summed E-state index contributed by atoms with van der Waals surface area (Å²) in [6, 6.07) is 0. The van der Waals surface area contributed by atoms with E-state index in [9.17, 15) is 0 Å². The molecule has 0 amide bonds. The van der Waals surface area contributed by atoms with Crippen molar-refractivity contribution in [2.75, 3.05) is 0 Å². The van der Waals surface area contributed by atoms with Gasteiger partial charge in [0.25, 0.3) is 0 Å². The summed E-state index contributed by atoms with van der Waals surface area (Å²) in [6.07, 6.45) is 5.88. The Bertz CT molecular complexity index is 226. The van der Waals surface area contributed by atoms with Crippen LogP contribution in [0.1, 0.15) is 6.42 Å². The second-order valence-electron chi connectivity index (χ2n) is 1.99. The molecule has 0 aromatic rings. The van der Waals surface area contributed by atoms with Gasteiger partial charge in [-0.3, -0.25) is 0 Å². The molecule has 1 aliphatic rings. The zero-order chi connectivity index (χ0) is 7.56. The Balaban J connectivity index is 2.89. The minimum atomic E-state index is 0.568. The summed E-state index contributed by atoms with van der Waals surface area (Å²) in [5, 5.41) is 1.21. The molecule has 10 heavy (non-hydrogen) atoms. The minimum absolute atomic E-state index is 0.568. The molecule has 0 radical (unpaired) electrons. The number of hydrogen-bond acceptors (Lipinski definition) is 1. The van der Waals surface area contributed by atoms with E-state index in [0.717, 1.165) is 0 Å². The van der Waals surface area contributed by atoms with E-state index in [0.29, 0.717) is 22.2 Å². The molecule has 0 aromatic carbocycles. The first kappa shape index (κ1) is 7.70. The quantitative estimate of drug-likeness (QED) is 0.602. The highest BCUT2D eigenvalue weighted by Crippen LogP contribution is 2.22. The fraction of sp³-hybridized carbons (Fsp3) is 0.143. The maximum atomic E-state index is 5.73. The molecule has 0 atom stereocenters. The third-order valence-electron chi connectivity index (χ3n) is 1.20. The van der Waals surface area contributed by atoms with Crippen molar-refractivity contribution in [3.05, 3.63) is 34.0 Å². The maximum absolute atomic E-state index is 5.73. The molecular formula is C7H7Cl2N. The summed E-state index contributed by atoms with van der Waals surface area (Å²) >= 11 is 11.4. The van der Waals surface area contributed by atoms with Crippen LogP contribution in [0.4, 0.5) is 0 Å². The van der Waals surface area contributed by atoms with E-state index in [-0.39, 0.29) is 0 Å². The van der Waals surface area contributed by atoms with Gasteiger partial charge in [-0.1, -0.05) is 29.3 Å². The van der Waals surface area contributed by atoms with Crippen LogP contribution < -0.4 is 5.73 Å². The van der Waals surface area contributed by atoms with Crippen molar-refractivity contribution in [1.82, 2.24) is 0 Å². The largest absolute Gasteiger partial charge is 0.399 e. The number of nitrogens with two attached hydrogens (primary N) is 1. The Morgan fingerprint density at radius 2 is 2.00 bits per heavy atom. The average molecular weight is 176 g/mol. The Morgan fingerprint density at radius 1 is 1.30 bits per heavy atom. The lowest BCUT2D eigenvalue weighted by Gasteiger charge is -1.90. The van der Waals surface area contributed by atoms with Gasteiger partial charge in [0.1, 0.15) is 0 Å². The number of allylic oxidation sites excluding steroid dienone is 5. The van der Waals surface area contributed by atoms with Crippen molar-refractivity contribution in [2.45, 2.75) is 6.42 Å². The fourth-order valence-corrected chi connectivity index (χ4v) is 0.913. The molecule has 1 nitrogen and oxygen atoms in total. The van der Waals surface area contributed by atoms with Crippen LogP contribution in [0.25, 0.3) is 0 Å². The van der Waals surface area contributed by atoms with Crippen molar-refractivity contribution < 1.29 is 0 Å². The number of halogens is 2. The lowest BCUT2D eigenvalue weighted by atomic mass is 10.3. The standard InChI is InChI=1S/C7H7Cl2N/c8-6-3-1-5(10)2-4-7(6)9/h1-3H,4,10H2. The smallest absolute Gasteiger partial charge is 0.0555 e. The molecule has 1 rings (SSSR count). The van der Waals surface area contributed by atoms with Crippen LogP contribution >= 0.6 is 23.2 Å².